The Kier molecular flexibility index (Phi) is 5.96. The van der Waals surface area contributed by atoms with Crippen molar-refractivity contribution in [3.63, 3.8) is 0 Å². The number of nitrogens with zero attached hydrogens (tertiary/aromatic N) is 2. The van der Waals surface area contributed by atoms with E-state index < -0.39 is 5.97 Å². The molecule has 1 aliphatic heterocycles. The molecule has 1 N–H and O–H groups in total. The fourth-order valence-corrected chi connectivity index (χ4v) is 3.16. The predicted octanol–water partition coefficient (Wildman–Crippen LogP) is 2.59. The molecule has 0 spiro atoms. The van der Waals surface area contributed by atoms with E-state index in [9.17, 15) is 9.90 Å². The molecule has 2 aromatic carbocycles. The van der Waals surface area contributed by atoms with Crippen molar-refractivity contribution in [3.8, 4) is 11.5 Å². The Bertz CT molecular complexity index is 742. The molecule has 3 rings (SSSR count). The van der Waals surface area contributed by atoms with Gasteiger partial charge >= 0.3 is 5.97 Å². The fourth-order valence-electron chi connectivity index (χ4n) is 3.16. The van der Waals surface area contributed by atoms with Crippen molar-refractivity contribution in [1.29, 1.82) is 0 Å². The third kappa shape index (κ3) is 4.26. The highest BCUT2D eigenvalue weighted by Crippen LogP contribution is 2.28. The highest BCUT2D eigenvalue weighted by atomic mass is 16.5. The Morgan fingerprint density at radius 2 is 1.65 bits per heavy atom. The van der Waals surface area contributed by atoms with Gasteiger partial charge in [0.1, 0.15) is 23.7 Å². The summed E-state index contributed by atoms with van der Waals surface area (Å²) in [6, 6.07) is 14.8. The molecule has 0 aliphatic carbocycles. The maximum atomic E-state index is 11.2. The summed E-state index contributed by atoms with van der Waals surface area (Å²) in [5.41, 5.74) is 1.33. The summed E-state index contributed by atoms with van der Waals surface area (Å²) in [6.45, 7) is 4.95. The van der Waals surface area contributed by atoms with Gasteiger partial charge in [0.15, 0.2) is 0 Å². The number of ether oxygens (including phenoxy) is 2. The lowest BCUT2D eigenvalue weighted by molar-refractivity contribution is 0.0691. The van der Waals surface area contributed by atoms with Gasteiger partial charge in [0.2, 0.25) is 0 Å². The van der Waals surface area contributed by atoms with Crippen molar-refractivity contribution < 1.29 is 19.4 Å². The lowest BCUT2D eigenvalue weighted by Crippen LogP contribution is -2.47. The highest BCUT2D eigenvalue weighted by molar-refractivity contribution is 5.90. The van der Waals surface area contributed by atoms with Crippen molar-refractivity contribution in [2.45, 2.75) is 0 Å². The molecule has 0 bridgehead atoms. The van der Waals surface area contributed by atoms with Gasteiger partial charge in [0.05, 0.1) is 12.8 Å². The molecular formula is C20H24N2O4. The minimum absolute atomic E-state index is 0.202. The van der Waals surface area contributed by atoms with E-state index >= 15 is 0 Å². The van der Waals surface area contributed by atoms with Gasteiger partial charge in [-0.15, -0.1) is 0 Å². The van der Waals surface area contributed by atoms with Crippen LogP contribution in [0.25, 0.3) is 0 Å². The second-order valence-electron chi connectivity index (χ2n) is 6.15. The number of carbonyl (C=O) groups is 1. The topological polar surface area (TPSA) is 62.2 Å². The van der Waals surface area contributed by atoms with Crippen LogP contribution < -0.4 is 14.4 Å². The Balaban J connectivity index is 1.48. The number of hydrogen-bond acceptors (Lipinski definition) is 5. The smallest absolute Gasteiger partial charge is 0.339 e. The number of hydrogen-bond donors (Lipinski definition) is 1. The number of para-hydroxylation sites is 3. The molecule has 1 fully saturated rings. The molecule has 6 nitrogen and oxygen atoms in total. The molecule has 6 heteroatoms. The summed E-state index contributed by atoms with van der Waals surface area (Å²) in [4.78, 5) is 15.9. The van der Waals surface area contributed by atoms with Crippen molar-refractivity contribution in [2.24, 2.45) is 0 Å². The Morgan fingerprint density at radius 3 is 2.35 bits per heavy atom. The zero-order chi connectivity index (χ0) is 18.4. The van der Waals surface area contributed by atoms with E-state index in [1.807, 2.05) is 18.2 Å². The van der Waals surface area contributed by atoms with Crippen molar-refractivity contribution in [3.05, 3.63) is 54.1 Å². The molecule has 1 saturated heterocycles. The Morgan fingerprint density at radius 1 is 1.00 bits per heavy atom. The number of aromatic carboxylic acids is 1. The van der Waals surface area contributed by atoms with Crippen molar-refractivity contribution in [2.75, 3.05) is 51.3 Å². The molecule has 0 unspecified atom stereocenters. The third-order valence-corrected chi connectivity index (χ3v) is 4.58. The van der Waals surface area contributed by atoms with Crippen LogP contribution >= 0.6 is 0 Å². The van der Waals surface area contributed by atoms with Crippen LogP contribution in [0.4, 0.5) is 5.69 Å². The average molecular weight is 356 g/mol. The zero-order valence-corrected chi connectivity index (χ0v) is 14.9. The highest BCUT2D eigenvalue weighted by Gasteiger charge is 2.19. The maximum Gasteiger partial charge on any atom is 0.339 e. The van der Waals surface area contributed by atoms with Gasteiger partial charge in [-0.05, 0) is 24.3 Å². The normalized spacial score (nSPS) is 14.9. The number of methoxy groups -OCH3 is 1. The van der Waals surface area contributed by atoms with Crippen LogP contribution in [0.2, 0.25) is 0 Å². The average Bonchev–Trinajstić information content (AvgIpc) is 2.69. The molecule has 1 aliphatic rings. The molecule has 26 heavy (non-hydrogen) atoms. The number of rotatable bonds is 7. The van der Waals surface area contributed by atoms with Crippen molar-refractivity contribution >= 4 is 11.7 Å². The summed E-state index contributed by atoms with van der Waals surface area (Å²) in [5, 5.41) is 9.19. The Labute approximate surface area is 153 Å². The number of carboxylic acid groups (broad SMARTS) is 1. The molecule has 138 valence electrons. The summed E-state index contributed by atoms with van der Waals surface area (Å²) >= 11 is 0. The second kappa shape index (κ2) is 8.58. The van der Waals surface area contributed by atoms with E-state index in [-0.39, 0.29) is 5.56 Å². The molecule has 1 heterocycles. The first-order valence-corrected chi connectivity index (χ1v) is 8.74. The van der Waals surface area contributed by atoms with Gasteiger partial charge in [-0.2, -0.15) is 0 Å². The lowest BCUT2D eigenvalue weighted by atomic mass is 10.2. The van der Waals surface area contributed by atoms with Crippen LogP contribution in [0.15, 0.2) is 48.5 Å². The summed E-state index contributed by atoms with van der Waals surface area (Å²) in [7, 11) is 1.70. The molecule has 0 atom stereocenters. The summed E-state index contributed by atoms with van der Waals surface area (Å²) in [5.74, 6) is 0.355. The summed E-state index contributed by atoms with van der Waals surface area (Å²) < 4.78 is 11.1. The van der Waals surface area contributed by atoms with E-state index in [0.29, 0.717) is 12.4 Å². The van der Waals surface area contributed by atoms with Gasteiger partial charge in [0, 0.05) is 32.7 Å². The van der Waals surface area contributed by atoms with Gasteiger partial charge in [0.25, 0.3) is 0 Å². The first-order chi connectivity index (χ1) is 12.7. The molecule has 2 aromatic rings. The lowest BCUT2D eigenvalue weighted by Gasteiger charge is -2.36. The minimum Gasteiger partial charge on any atom is -0.495 e. The van der Waals surface area contributed by atoms with Gasteiger partial charge in [-0.1, -0.05) is 24.3 Å². The van der Waals surface area contributed by atoms with Crippen LogP contribution in [0.3, 0.4) is 0 Å². The SMILES string of the molecule is COc1ccccc1N1CCN(CCOc2ccccc2C(=O)O)CC1. The van der Waals surface area contributed by atoms with E-state index in [2.05, 4.69) is 15.9 Å². The summed E-state index contributed by atoms with van der Waals surface area (Å²) in [6.07, 6.45) is 0. The van der Waals surface area contributed by atoms with Crippen LogP contribution in [0.1, 0.15) is 10.4 Å². The first kappa shape index (κ1) is 18.1. The minimum atomic E-state index is -0.967. The van der Waals surface area contributed by atoms with Gasteiger partial charge in [-0.3, -0.25) is 4.90 Å². The van der Waals surface area contributed by atoms with Crippen LogP contribution in [-0.4, -0.2) is 62.4 Å². The number of benzene rings is 2. The molecule has 0 amide bonds. The van der Waals surface area contributed by atoms with E-state index in [1.54, 1.807) is 31.4 Å². The molecule has 0 aromatic heterocycles. The quantitative estimate of drug-likeness (QED) is 0.823. The monoisotopic (exact) mass is 356 g/mol. The number of piperazine rings is 1. The van der Waals surface area contributed by atoms with E-state index in [4.69, 9.17) is 9.47 Å². The fraction of sp³-hybridized carbons (Fsp3) is 0.350. The zero-order valence-electron chi connectivity index (χ0n) is 14.9. The third-order valence-electron chi connectivity index (χ3n) is 4.58. The standard InChI is InChI=1S/C20H24N2O4/c1-25-19-9-5-3-7-17(19)22-12-10-21(11-13-22)14-15-26-18-8-4-2-6-16(18)20(23)24/h2-9H,10-15H2,1H3,(H,23,24). The first-order valence-electron chi connectivity index (χ1n) is 8.74. The second-order valence-corrected chi connectivity index (χ2v) is 6.15. The predicted molar refractivity (Wildman–Crippen MR) is 101 cm³/mol. The Hall–Kier alpha value is -2.73. The van der Waals surface area contributed by atoms with Crippen LogP contribution in [-0.2, 0) is 0 Å². The van der Waals surface area contributed by atoms with E-state index in [1.165, 1.54) is 0 Å². The largest absolute Gasteiger partial charge is 0.495 e. The number of anilines is 1. The molecule has 0 radical (unpaired) electrons. The van der Waals surface area contributed by atoms with Crippen molar-refractivity contribution in [1.82, 2.24) is 4.90 Å². The van der Waals surface area contributed by atoms with Gasteiger partial charge < -0.3 is 19.5 Å². The maximum absolute atomic E-state index is 11.2. The number of carboxylic acids is 1. The molecule has 0 saturated carbocycles. The molecular weight excluding hydrogens is 332 g/mol. The van der Waals surface area contributed by atoms with Crippen LogP contribution in [0.5, 0.6) is 11.5 Å². The van der Waals surface area contributed by atoms with Gasteiger partial charge in [-0.25, -0.2) is 4.79 Å². The van der Waals surface area contributed by atoms with Crippen LogP contribution in [0, 0.1) is 0 Å². The van der Waals surface area contributed by atoms with E-state index in [0.717, 1.165) is 44.2 Å².